The van der Waals surface area contributed by atoms with E-state index in [1.165, 1.54) is 21.2 Å². The van der Waals surface area contributed by atoms with Gasteiger partial charge in [0.15, 0.2) is 5.69 Å². The number of thioether (sulfide) groups is 1. The van der Waals surface area contributed by atoms with Crippen LogP contribution in [0.4, 0.5) is 11.5 Å². The summed E-state index contributed by atoms with van der Waals surface area (Å²) in [6.45, 7) is 0.935. The number of nitrogen functional groups attached to an aromatic ring is 1. The summed E-state index contributed by atoms with van der Waals surface area (Å²) in [5.74, 6) is -0.418. The Morgan fingerprint density at radius 2 is 1.91 bits per heavy atom. The molecular weight excluding hydrogens is 440 g/mol. The molecule has 4 rings (SSSR count). The number of rotatable bonds is 7. The van der Waals surface area contributed by atoms with Crippen molar-refractivity contribution in [3.8, 4) is 0 Å². The molecule has 0 spiro atoms. The third kappa shape index (κ3) is 4.89. The molecule has 1 fully saturated rings. The van der Waals surface area contributed by atoms with Gasteiger partial charge in [-0.2, -0.15) is 0 Å². The fraction of sp³-hybridized carbons (Fsp3) is 0.292. The molecule has 0 aliphatic carbocycles. The van der Waals surface area contributed by atoms with Crippen LogP contribution in [0.3, 0.4) is 0 Å². The molecular formula is C24H26N4O4S. The van der Waals surface area contributed by atoms with Crippen LogP contribution in [0.5, 0.6) is 0 Å². The molecule has 33 heavy (non-hydrogen) atoms. The lowest BCUT2D eigenvalue weighted by molar-refractivity contribution is 0.0914. The van der Waals surface area contributed by atoms with Crippen LogP contribution in [-0.4, -0.2) is 41.0 Å². The Balaban J connectivity index is 1.82. The number of anilines is 2. The topological polar surface area (TPSA) is 110 Å². The van der Waals surface area contributed by atoms with Crippen molar-refractivity contribution >= 4 is 29.2 Å². The highest BCUT2D eigenvalue weighted by molar-refractivity contribution is 7.98. The molecule has 1 amide bonds. The summed E-state index contributed by atoms with van der Waals surface area (Å²) in [6, 6.07) is 16.5. The summed E-state index contributed by atoms with van der Waals surface area (Å²) in [6.07, 6.45) is 3.32. The number of benzene rings is 2. The minimum atomic E-state index is -0.699. The van der Waals surface area contributed by atoms with Gasteiger partial charge in [0.25, 0.3) is 11.5 Å². The lowest BCUT2D eigenvalue weighted by atomic mass is 10.1. The number of carbonyl (C=O) groups excluding carboxylic acids is 1. The van der Waals surface area contributed by atoms with Gasteiger partial charge in [-0.1, -0.05) is 42.5 Å². The van der Waals surface area contributed by atoms with Crippen molar-refractivity contribution in [2.45, 2.75) is 30.4 Å². The number of aromatic amines is 1. The van der Waals surface area contributed by atoms with E-state index in [1.807, 2.05) is 48.7 Å². The van der Waals surface area contributed by atoms with Crippen molar-refractivity contribution in [3.63, 3.8) is 0 Å². The first kappa shape index (κ1) is 22.9. The van der Waals surface area contributed by atoms with E-state index in [-0.39, 0.29) is 36.6 Å². The molecule has 0 radical (unpaired) electrons. The standard InChI is InChI=1S/C24H26N4O4S/c1-33-19-12-6-5-11-18(19)23(30)27(15-17-10-7-13-32-17)20-21(25)28(24(31)26-22(20)29)14-16-8-3-2-4-9-16/h2-6,8-9,11-12,17H,7,10,13-15,25H2,1H3,(H,26,29,31)/t17-/m1/s1. The number of amides is 1. The number of nitrogens with two attached hydrogens (primary N) is 1. The average Bonchev–Trinajstić information content (AvgIpc) is 3.34. The molecule has 0 bridgehead atoms. The summed E-state index contributed by atoms with van der Waals surface area (Å²) in [5.41, 5.74) is 6.33. The van der Waals surface area contributed by atoms with E-state index in [0.717, 1.165) is 23.3 Å². The molecule has 0 saturated carbocycles. The van der Waals surface area contributed by atoms with E-state index >= 15 is 0 Å². The SMILES string of the molecule is CSc1ccccc1C(=O)N(C[C@H]1CCCO1)c1c(N)n(Cc2ccccc2)c(=O)[nH]c1=O. The van der Waals surface area contributed by atoms with Crippen LogP contribution >= 0.6 is 11.8 Å². The number of H-pyrrole nitrogens is 1. The lowest BCUT2D eigenvalue weighted by Crippen LogP contribution is -2.44. The Kier molecular flexibility index (Phi) is 7.00. The van der Waals surface area contributed by atoms with Crippen molar-refractivity contribution < 1.29 is 9.53 Å². The fourth-order valence-electron chi connectivity index (χ4n) is 4.00. The molecule has 1 aliphatic rings. The first-order chi connectivity index (χ1) is 16.0. The number of hydrogen-bond acceptors (Lipinski definition) is 6. The normalized spacial score (nSPS) is 15.5. The van der Waals surface area contributed by atoms with Crippen molar-refractivity contribution in [1.82, 2.24) is 9.55 Å². The lowest BCUT2D eigenvalue weighted by Gasteiger charge is -2.27. The van der Waals surface area contributed by atoms with Crippen molar-refractivity contribution in [1.29, 1.82) is 0 Å². The summed E-state index contributed by atoms with van der Waals surface area (Å²) >= 11 is 1.44. The molecule has 8 nitrogen and oxygen atoms in total. The van der Waals surface area contributed by atoms with E-state index in [0.29, 0.717) is 12.2 Å². The van der Waals surface area contributed by atoms with Crippen LogP contribution in [0, 0.1) is 0 Å². The van der Waals surface area contributed by atoms with Crippen LogP contribution < -0.4 is 21.9 Å². The van der Waals surface area contributed by atoms with Crippen LogP contribution in [0.15, 0.2) is 69.1 Å². The molecule has 9 heteroatoms. The molecule has 172 valence electrons. The average molecular weight is 467 g/mol. The largest absolute Gasteiger partial charge is 0.383 e. The molecule has 1 aromatic heterocycles. The van der Waals surface area contributed by atoms with Crippen LogP contribution in [0.1, 0.15) is 28.8 Å². The van der Waals surface area contributed by atoms with Gasteiger partial charge in [0.05, 0.1) is 24.8 Å². The van der Waals surface area contributed by atoms with Gasteiger partial charge in [0, 0.05) is 11.5 Å². The van der Waals surface area contributed by atoms with Crippen LogP contribution in [0.25, 0.3) is 0 Å². The van der Waals surface area contributed by atoms with E-state index < -0.39 is 11.2 Å². The first-order valence-corrected chi connectivity index (χ1v) is 11.9. The van der Waals surface area contributed by atoms with Gasteiger partial charge in [-0.05, 0) is 36.8 Å². The Morgan fingerprint density at radius 1 is 1.18 bits per heavy atom. The van der Waals surface area contributed by atoms with Gasteiger partial charge in [-0.15, -0.1) is 11.8 Å². The second-order valence-corrected chi connectivity index (χ2v) is 8.66. The monoisotopic (exact) mass is 466 g/mol. The second-order valence-electron chi connectivity index (χ2n) is 7.82. The van der Waals surface area contributed by atoms with Gasteiger partial charge in [-0.3, -0.25) is 24.0 Å². The quantitative estimate of drug-likeness (QED) is 0.518. The Morgan fingerprint density at radius 3 is 2.61 bits per heavy atom. The highest BCUT2D eigenvalue weighted by atomic mass is 32.2. The van der Waals surface area contributed by atoms with E-state index in [4.69, 9.17) is 10.5 Å². The first-order valence-electron chi connectivity index (χ1n) is 10.7. The molecule has 1 aliphatic heterocycles. The fourth-order valence-corrected chi connectivity index (χ4v) is 4.59. The van der Waals surface area contributed by atoms with E-state index in [1.54, 1.807) is 12.1 Å². The highest BCUT2D eigenvalue weighted by Crippen LogP contribution is 2.27. The van der Waals surface area contributed by atoms with E-state index in [2.05, 4.69) is 4.98 Å². The number of aromatic nitrogens is 2. The molecule has 2 aromatic carbocycles. The molecule has 0 unspecified atom stereocenters. The smallest absolute Gasteiger partial charge is 0.330 e. The van der Waals surface area contributed by atoms with E-state index in [9.17, 15) is 14.4 Å². The Bertz CT molecular complexity index is 1250. The van der Waals surface area contributed by atoms with Crippen molar-refractivity contribution in [2.75, 3.05) is 30.0 Å². The number of ether oxygens (including phenoxy) is 1. The van der Waals surface area contributed by atoms with Gasteiger partial charge in [-0.25, -0.2) is 4.79 Å². The maximum Gasteiger partial charge on any atom is 0.330 e. The number of carbonyl (C=O) groups is 1. The van der Waals surface area contributed by atoms with Crippen LogP contribution in [0.2, 0.25) is 0 Å². The maximum absolute atomic E-state index is 13.7. The number of hydrogen-bond donors (Lipinski definition) is 2. The van der Waals surface area contributed by atoms with Gasteiger partial charge < -0.3 is 10.5 Å². The summed E-state index contributed by atoms with van der Waals surface area (Å²) in [5, 5.41) is 0. The Labute approximate surface area is 195 Å². The number of nitrogens with one attached hydrogen (secondary N) is 1. The minimum absolute atomic E-state index is 0.0399. The highest BCUT2D eigenvalue weighted by Gasteiger charge is 2.30. The third-order valence-electron chi connectivity index (χ3n) is 5.66. The van der Waals surface area contributed by atoms with Crippen molar-refractivity contribution in [3.05, 3.63) is 86.6 Å². The van der Waals surface area contributed by atoms with Gasteiger partial charge in [0.1, 0.15) is 5.82 Å². The molecule has 2 heterocycles. The minimum Gasteiger partial charge on any atom is -0.383 e. The second kappa shape index (κ2) is 10.1. The van der Waals surface area contributed by atoms with Gasteiger partial charge in [0.2, 0.25) is 0 Å². The van der Waals surface area contributed by atoms with Crippen molar-refractivity contribution in [2.24, 2.45) is 0 Å². The zero-order valence-electron chi connectivity index (χ0n) is 18.3. The maximum atomic E-state index is 13.7. The predicted octanol–water partition coefficient (Wildman–Crippen LogP) is 2.71. The molecule has 3 aromatic rings. The van der Waals surface area contributed by atoms with Crippen LogP contribution in [-0.2, 0) is 11.3 Å². The molecule has 1 atom stereocenters. The summed E-state index contributed by atoms with van der Waals surface area (Å²) < 4.78 is 7.04. The predicted molar refractivity (Wildman–Crippen MR) is 130 cm³/mol. The third-order valence-corrected chi connectivity index (χ3v) is 6.46. The zero-order valence-corrected chi connectivity index (χ0v) is 19.1. The summed E-state index contributed by atoms with van der Waals surface area (Å²) in [4.78, 5) is 43.8. The zero-order chi connectivity index (χ0) is 23.4. The molecule has 1 saturated heterocycles. The molecule has 3 N–H and O–H groups in total. The van der Waals surface area contributed by atoms with Gasteiger partial charge >= 0.3 is 5.69 Å². The summed E-state index contributed by atoms with van der Waals surface area (Å²) in [7, 11) is 0. The Hall–Kier alpha value is -3.30. The number of nitrogens with zero attached hydrogens (tertiary/aromatic N) is 2.